The van der Waals surface area contributed by atoms with Crippen LogP contribution in [0.25, 0.3) is 11.5 Å². The topological polar surface area (TPSA) is 86.5 Å². The summed E-state index contributed by atoms with van der Waals surface area (Å²) in [7, 11) is 3.17. The molecule has 0 aliphatic heterocycles. The highest BCUT2D eigenvalue weighted by Crippen LogP contribution is 2.44. The Hall–Kier alpha value is -2.22. The lowest BCUT2D eigenvalue weighted by atomic mass is 9.95. The number of nitrogens with one attached hydrogen (secondary N) is 1. The number of methoxy groups -OCH3 is 2. The molecule has 27 heavy (non-hydrogen) atoms. The number of benzene rings is 1. The molecule has 2 aromatic rings. The van der Waals surface area contributed by atoms with Gasteiger partial charge in [0.25, 0.3) is 5.22 Å². The SMILES string of the molecule is COc1cc(OC)cc(-c2nnc(SCC(=O)N[C@@H]3C[C@@H]4CC[C@@H]3C4)o2)c1. The van der Waals surface area contributed by atoms with E-state index in [-0.39, 0.29) is 11.7 Å². The normalized spacial score (nSPS) is 23.4. The number of hydrogen-bond acceptors (Lipinski definition) is 7. The lowest BCUT2D eigenvalue weighted by Crippen LogP contribution is -2.39. The number of hydrogen-bond donors (Lipinski definition) is 1. The summed E-state index contributed by atoms with van der Waals surface area (Å²) >= 11 is 1.25. The fraction of sp³-hybridized carbons (Fsp3) is 0.526. The third-order valence-electron chi connectivity index (χ3n) is 5.42. The first-order valence-corrected chi connectivity index (χ1v) is 10.1. The highest BCUT2D eigenvalue weighted by Gasteiger charge is 2.40. The Labute approximate surface area is 162 Å². The number of amides is 1. The van der Waals surface area contributed by atoms with E-state index in [4.69, 9.17) is 13.9 Å². The lowest BCUT2D eigenvalue weighted by molar-refractivity contribution is -0.119. The van der Waals surface area contributed by atoms with Crippen LogP contribution in [0.5, 0.6) is 11.5 Å². The van der Waals surface area contributed by atoms with Gasteiger partial charge >= 0.3 is 0 Å². The molecule has 1 amide bonds. The van der Waals surface area contributed by atoms with Gasteiger partial charge in [-0.15, -0.1) is 10.2 Å². The number of ether oxygens (including phenoxy) is 2. The minimum Gasteiger partial charge on any atom is -0.497 e. The lowest BCUT2D eigenvalue weighted by Gasteiger charge is -2.22. The quantitative estimate of drug-likeness (QED) is 0.728. The maximum atomic E-state index is 12.2. The van der Waals surface area contributed by atoms with E-state index in [9.17, 15) is 4.79 Å². The zero-order valence-corrected chi connectivity index (χ0v) is 16.3. The minimum atomic E-state index is 0.0281. The Bertz CT molecular complexity index is 803. The number of carbonyl (C=O) groups excluding carboxylic acids is 1. The fourth-order valence-corrected chi connectivity index (χ4v) is 4.69. The molecule has 0 spiro atoms. The predicted octanol–water partition coefficient (Wildman–Crippen LogP) is 3.15. The van der Waals surface area contributed by atoms with Crippen LogP contribution < -0.4 is 14.8 Å². The minimum absolute atomic E-state index is 0.0281. The molecule has 2 bridgehead atoms. The average molecular weight is 389 g/mol. The summed E-state index contributed by atoms with van der Waals surface area (Å²) in [5.41, 5.74) is 0.706. The molecule has 3 atom stereocenters. The van der Waals surface area contributed by atoms with Gasteiger partial charge in [-0.3, -0.25) is 4.79 Å². The van der Waals surface area contributed by atoms with E-state index in [1.165, 1.54) is 31.0 Å². The van der Waals surface area contributed by atoms with Crippen molar-refractivity contribution in [1.82, 2.24) is 15.5 Å². The van der Waals surface area contributed by atoms with Gasteiger partial charge in [0.05, 0.1) is 20.0 Å². The smallest absolute Gasteiger partial charge is 0.277 e. The van der Waals surface area contributed by atoms with E-state index in [0.29, 0.717) is 40.1 Å². The van der Waals surface area contributed by atoms with Crippen LogP contribution in [-0.2, 0) is 4.79 Å². The molecule has 1 N–H and O–H groups in total. The Kier molecular flexibility index (Phi) is 5.24. The Balaban J connectivity index is 1.35. The molecule has 8 heteroatoms. The molecule has 2 aliphatic rings. The molecule has 2 aliphatic carbocycles. The van der Waals surface area contributed by atoms with Gasteiger partial charge < -0.3 is 19.2 Å². The number of nitrogens with zero attached hydrogens (tertiary/aromatic N) is 2. The van der Waals surface area contributed by atoms with Crippen LogP contribution in [0.2, 0.25) is 0 Å². The second-order valence-electron chi connectivity index (χ2n) is 7.11. The number of carbonyl (C=O) groups is 1. The van der Waals surface area contributed by atoms with Crippen LogP contribution in [-0.4, -0.2) is 42.1 Å². The molecular formula is C19H23N3O4S. The molecular weight excluding hydrogens is 366 g/mol. The van der Waals surface area contributed by atoms with Crippen molar-refractivity contribution in [3.8, 4) is 23.0 Å². The Morgan fingerprint density at radius 1 is 1.19 bits per heavy atom. The number of aromatic nitrogens is 2. The first-order chi connectivity index (χ1) is 13.1. The molecule has 0 saturated heterocycles. The van der Waals surface area contributed by atoms with Gasteiger partial charge in [0.1, 0.15) is 11.5 Å². The zero-order chi connectivity index (χ0) is 18.8. The second kappa shape index (κ2) is 7.80. The summed E-state index contributed by atoms with van der Waals surface area (Å²) in [4.78, 5) is 12.2. The third kappa shape index (κ3) is 4.05. The summed E-state index contributed by atoms with van der Waals surface area (Å²) in [5, 5.41) is 11.6. The second-order valence-corrected chi connectivity index (χ2v) is 8.04. The van der Waals surface area contributed by atoms with E-state index in [0.717, 1.165) is 12.3 Å². The first-order valence-electron chi connectivity index (χ1n) is 9.13. The van der Waals surface area contributed by atoms with E-state index in [1.54, 1.807) is 32.4 Å². The van der Waals surface area contributed by atoms with Crippen molar-refractivity contribution < 1.29 is 18.7 Å². The van der Waals surface area contributed by atoms with Gasteiger partial charge in [-0.2, -0.15) is 0 Å². The molecule has 1 aromatic heterocycles. The van der Waals surface area contributed by atoms with Crippen LogP contribution in [0.15, 0.2) is 27.8 Å². The van der Waals surface area contributed by atoms with Crippen molar-refractivity contribution in [1.29, 1.82) is 0 Å². The standard InChI is InChI=1S/C19H23N3O4S/c1-24-14-7-13(8-15(9-14)25-2)18-21-22-19(26-18)27-10-17(23)20-16-6-11-3-4-12(16)5-11/h7-9,11-12,16H,3-6,10H2,1-2H3,(H,20,23)/t11-,12-,16-/m1/s1. The van der Waals surface area contributed by atoms with Crippen molar-refractivity contribution >= 4 is 17.7 Å². The number of fused-ring (bicyclic) bond motifs is 2. The maximum absolute atomic E-state index is 12.2. The number of rotatable bonds is 7. The van der Waals surface area contributed by atoms with Crippen molar-refractivity contribution in [2.45, 2.75) is 36.9 Å². The maximum Gasteiger partial charge on any atom is 0.277 e. The van der Waals surface area contributed by atoms with E-state index >= 15 is 0 Å². The first kappa shape index (κ1) is 18.2. The van der Waals surface area contributed by atoms with Gasteiger partial charge in [-0.25, -0.2) is 0 Å². The Morgan fingerprint density at radius 3 is 2.59 bits per heavy atom. The van der Waals surface area contributed by atoms with Crippen LogP contribution >= 0.6 is 11.8 Å². The summed E-state index contributed by atoms with van der Waals surface area (Å²) in [6.07, 6.45) is 4.98. The Morgan fingerprint density at radius 2 is 1.96 bits per heavy atom. The summed E-state index contributed by atoms with van der Waals surface area (Å²) in [6.45, 7) is 0. The monoisotopic (exact) mass is 389 g/mol. The van der Waals surface area contributed by atoms with Crippen molar-refractivity contribution in [3.05, 3.63) is 18.2 Å². The summed E-state index contributed by atoms with van der Waals surface area (Å²) in [6, 6.07) is 5.72. The van der Waals surface area contributed by atoms with Gasteiger partial charge in [-0.1, -0.05) is 18.2 Å². The molecule has 1 aromatic carbocycles. The van der Waals surface area contributed by atoms with Gasteiger partial charge in [0, 0.05) is 17.7 Å². The average Bonchev–Trinajstić information content (AvgIpc) is 3.42. The third-order valence-corrected chi connectivity index (χ3v) is 6.23. The van der Waals surface area contributed by atoms with Crippen LogP contribution in [0.1, 0.15) is 25.7 Å². The van der Waals surface area contributed by atoms with Crippen molar-refractivity contribution in [2.24, 2.45) is 11.8 Å². The molecule has 7 nitrogen and oxygen atoms in total. The van der Waals surface area contributed by atoms with Crippen molar-refractivity contribution in [2.75, 3.05) is 20.0 Å². The molecule has 1 heterocycles. The molecule has 4 rings (SSSR count). The van der Waals surface area contributed by atoms with Crippen LogP contribution in [0, 0.1) is 11.8 Å². The van der Waals surface area contributed by atoms with Crippen LogP contribution in [0.3, 0.4) is 0 Å². The predicted molar refractivity (Wildman–Crippen MR) is 101 cm³/mol. The molecule has 2 fully saturated rings. The van der Waals surface area contributed by atoms with E-state index in [2.05, 4.69) is 15.5 Å². The molecule has 144 valence electrons. The van der Waals surface area contributed by atoms with Crippen LogP contribution in [0.4, 0.5) is 0 Å². The molecule has 0 radical (unpaired) electrons. The van der Waals surface area contributed by atoms with Gasteiger partial charge in [-0.05, 0) is 43.2 Å². The largest absolute Gasteiger partial charge is 0.497 e. The summed E-state index contributed by atoms with van der Waals surface area (Å²) in [5.74, 6) is 3.43. The fourth-order valence-electron chi connectivity index (χ4n) is 4.11. The van der Waals surface area contributed by atoms with E-state index in [1.807, 2.05) is 0 Å². The van der Waals surface area contributed by atoms with Gasteiger partial charge in [0.15, 0.2) is 0 Å². The molecule has 2 saturated carbocycles. The highest BCUT2D eigenvalue weighted by atomic mass is 32.2. The summed E-state index contributed by atoms with van der Waals surface area (Å²) < 4.78 is 16.2. The zero-order valence-electron chi connectivity index (χ0n) is 15.4. The van der Waals surface area contributed by atoms with Gasteiger partial charge in [0.2, 0.25) is 11.8 Å². The van der Waals surface area contributed by atoms with E-state index < -0.39 is 0 Å². The van der Waals surface area contributed by atoms with Crippen molar-refractivity contribution in [3.63, 3.8) is 0 Å². The number of thioether (sulfide) groups is 1. The highest BCUT2D eigenvalue weighted by molar-refractivity contribution is 7.99. The molecule has 0 unspecified atom stereocenters.